The smallest absolute Gasteiger partial charge is 0.336 e. The van der Waals surface area contributed by atoms with Crippen LogP contribution in [-0.4, -0.2) is 21.4 Å². The van der Waals surface area contributed by atoms with E-state index in [2.05, 4.69) is 25.6 Å². The Morgan fingerprint density at radius 1 is 1.00 bits per heavy atom. The summed E-state index contributed by atoms with van der Waals surface area (Å²) >= 11 is 3.59. The summed E-state index contributed by atoms with van der Waals surface area (Å²) in [4.78, 5) is 17.6. The number of esters is 1. The number of benzene rings is 2. The van der Waals surface area contributed by atoms with E-state index in [-0.39, 0.29) is 0 Å². The van der Waals surface area contributed by atoms with Crippen molar-refractivity contribution < 1.29 is 9.53 Å². The summed E-state index contributed by atoms with van der Waals surface area (Å²) in [5, 5.41) is 3.75. The van der Waals surface area contributed by atoms with Crippen molar-refractivity contribution in [2.24, 2.45) is 0 Å². The summed E-state index contributed by atoms with van der Waals surface area (Å²) in [5.74, 6) is 0.982. The number of hydrogen-bond donors (Lipinski definition) is 1. The van der Waals surface area contributed by atoms with Gasteiger partial charge in [-0.3, -0.25) is 4.40 Å². The summed E-state index contributed by atoms with van der Waals surface area (Å²) in [6.07, 6.45) is 11.3. The second-order valence-corrected chi connectivity index (χ2v) is 9.44. The van der Waals surface area contributed by atoms with E-state index in [1.165, 1.54) is 25.3 Å². The minimum absolute atomic E-state index is 0.398. The monoisotopic (exact) mass is 515 g/mol. The van der Waals surface area contributed by atoms with Crippen LogP contribution in [0.1, 0.15) is 37.7 Å². The number of halogens is 1. The molecule has 0 radical (unpaired) electrons. The predicted molar refractivity (Wildman–Crippen MR) is 140 cm³/mol. The number of nitrogens with one attached hydrogen (secondary N) is 1. The molecule has 1 aliphatic carbocycles. The number of carbonyl (C=O) groups excluding carboxylic acids is 1. The maximum Gasteiger partial charge on any atom is 0.336 e. The summed E-state index contributed by atoms with van der Waals surface area (Å²) < 4.78 is 8.82. The molecular weight excluding hydrogens is 490 g/mol. The van der Waals surface area contributed by atoms with Gasteiger partial charge in [0.15, 0.2) is 0 Å². The first-order chi connectivity index (χ1) is 16.7. The lowest BCUT2D eigenvalue weighted by molar-refractivity contribution is -0.128. The van der Waals surface area contributed by atoms with Crippen LogP contribution in [0.15, 0.2) is 83.5 Å². The largest absolute Gasteiger partial charge is 0.423 e. The van der Waals surface area contributed by atoms with Crippen molar-refractivity contribution in [1.29, 1.82) is 0 Å². The highest BCUT2D eigenvalue weighted by molar-refractivity contribution is 9.10. The van der Waals surface area contributed by atoms with Crippen LogP contribution >= 0.6 is 15.9 Å². The lowest BCUT2D eigenvalue weighted by Gasteiger charge is -2.24. The zero-order valence-corrected chi connectivity index (χ0v) is 20.4. The van der Waals surface area contributed by atoms with Gasteiger partial charge < -0.3 is 10.1 Å². The van der Waals surface area contributed by atoms with Gasteiger partial charge in [-0.1, -0.05) is 61.7 Å². The minimum Gasteiger partial charge on any atom is -0.423 e. The molecule has 2 aromatic carbocycles. The number of para-hydroxylation sites is 1. The Hall–Kier alpha value is -3.38. The van der Waals surface area contributed by atoms with Crippen LogP contribution in [0.2, 0.25) is 0 Å². The highest BCUT2D eigenvalue weighted by Gasteiger charge is 2.22. The average molecular weight is 516 g/mol. The molecule has 2 heterocycles. The fourth-order valence-electron chi connectivity index (χ4n) is 4.41. The highest BCUT2D eigenvalue weighted by atomic mass is 79.9. The van der Waals surface area contributed by atoms with Gasteiger partial charge in [0, 0.05) is 28.4 Å². The Labute approximate surface area is 207 Å². The molecule has 5 nitrogen and oxygen atoms in total. The molecule has 1 aliphatic rings. The van der Waals surface area contributed by atoms with Crippen LogP contribution in [0.5, 0.6) is 5.75 Å². The highest BCUT2D eigenvalue weighted by Crippen LogP contribution is 2.37. The van der Waals surface area contributed by atoms with Gasteiger partial charge in [0.2, 0.25) is 0 Å². The van der Waals surface area contributed by atoms with Crippen LogP contribution in [0.25, 0.3) is 23.0 Å². The van der Waals surface area contributed by atoms with Gasteiger partial charge in [0.1, 0.15) is 22.9 Å². The number of carbonyl (C=O) groups is 1. The Bertz CT molecular complexity index is 1320. The van der Waals surface area contributed by atoms with E-state index >= 15 is 0 Å². The van der Waals surface area contributed by atoms with Crippen molar-refractivity contribution >= 4 is 39.4 Å². The summed E-state index contributed by atoms with van der Waals surface area (Å²) in [5.41, 5.74) is 3.33. The SMILES string of the molecule is O=C(/C=C/c1ccccc1)Oc1ccccc1-c1nc2ccc(Br)cn2c1NC1CCCCC1. The Kier molecular flexibility index (Phi) is 6.77. The number of nitrogens with zero attached hydrogens (tertiary/aromatic N) is 2. The van der Waals surface area contributed by atoms with E-state index in [9.17, 15) is 4.79 Å². The van der Waals surface area contributed by atoms with Crippen molar-refractivity contribution in [1.82, 2.24) is 9.38 Å². The number of rotatable bonds is 6. The number of anilines is 1. The molecular formula is C28H26BrN3O2. The molecule has 5 rings (SSSR count). The van der Waals surface area contributed by atoms with E-state index in [1.54, 1.807) is 6.08 Å². The third kappa shape index (κ3) is 5.07. The van der Waals surface area contributed by atoms with Crippen molar-refractivity contribution in [3.05, 3.63) is 89.0 Å². The average Bonchev–Trinajstić information content (AvgIpc) is 3.21. The number of imidazole rings is 1. The lowest BCUT2D eigenvalue weighted by atomic mass is 9.95. The van der Waals surface area contributed by atoms with Crippen molar-refractivity contribution in [2.75, 3.05) is 5.32 Å². The second kappa shape index (κ2) is 10.3. The normalized spacial score (nSPS) is 14.5. The molecule has 172 valence electrons. The third-order valence-corrected chi connectivity index (χ3v) is 6.56. The number of ether oxygens (including phenoxy) is 1. The molecule has 0 amide bonds. The zero-order valence-electron chi connectivity index (χ0n) is 18.8. The van der Waals surface area contributed by atoms with Crippen molar-refractivity contribution in [3.63, 3.8) is 0 Å². The summed E-state index contributed by atoms with van der Waals surface area (Å²) in [7, 11) is 0. The standard InChI is InChI=1S/C28H26BrN3O2/c29-21-16-17-25-31-27(28(32(25)19-21)30-22-11-5-2-6-12-22)23-13-7-8-14-24(23)34-26(33)18-15-20-9-3-1-4-10-20/h1,3-4,7-10,13-19,22,30H,2,5-6,11-12H2/b18-15+. The maximum absolute atomic E-state index is 12.6. The predicted octanol–water partition coefficient (Wildman–Crippen LogP) is 7.13. The number of aromatic nitrogens is 2. The molecule has 0 atom stereocenters. The van der Waals surface area contributed by atoms with Crippen molar-refractivity contribution in [3.8, 4) is 17.0 Å². The minimum atomic E-state index is -0.426. The van der Waals surface area contributed by atoms with Gasteiger partial charge in [-0.25, -0.2) is 9.78 Å². The maximum atomic E-state index is 12.6. The molecule has 34 heavy (non-hydrogen) atoms. The van der Waals surface area contributed by atoms with Crippen LogP contribution in [0, 0.1) is 0 Å². The molecule has 0 saturated heterocycles. The van der Waals surface area contributed by atoms with Gasteiger partial charge >= 0.3 is 5.97 Å². The molecule has 1 saturated carbocycles. The third-order valence-electron chi connectivity index (χ3n) is 6.09. The number of pyridine rings is 1. The molecule has 1 fully saturated rings. The van der Waals surface area contributed by atoms with Gasteiger partial charge in [0.25, 0.3) is 0 Å². The topological polar surface area (TPSA) is 55.6 Å². The van der Waals surface area contributed by atoms with E-state index in [4.69, 9.17) is 9.72 Å². The first kappa shape index (κ1) is 22.4. The van der Waals surface area contributed by atoms with Gasteiger partial charge in [-0.2, -0.15) is 0 Å². The first-order valence-corrected chi connectivity index (χ1v) is 12.5. The van der Waals surface area contributed by atoms with E-state index in [0.29, 0.717) is 11.8 Å². The van der Waals surface area contributed by atoms with Gasteiger partial charge in [-0.05, 0) is 64.7 Å². The van der Waals surface area contributed by atoms with E-state index < -0.39 is 5.97 Å². The first-order valence-electron chi connectivity index (χ1n) is 11.7. The fraction of sp³-hybridized carbons (Fsp3) is 0.214. The number of hydrogen-bond acceptors (Lipinski definition) is 4. The Morgan fingerprint density at radius 2 is 1.76 bits per heavy atom. The van der Waals surface area contributed by atoms with Crippen LogP contribution in [0.4, 0.5) is 5.82 Å². The fourth-order valence-corrected chi connectivity index (χ4v) is 4.74. The molecule has 1 N–H and O–H groups in total. The molecule has 0 unspecified atom stereocenters. The van der Waals surface area contributed by atoms with Crippen LogP contribution in [0.3, 0.4) is 0 Å². The zero-order chi connectivity index (χ0) is 23.3. The second-order valence-electron chi connectivity index (χ2n) is 8.53. The summed E-state index contributed by atoms with van der Waals surface area (Å²) in [6, 6.07) is 21.6. The summed E-state index contributed by atoms with van der Waals surface area (Å²) in [6.45, 7) is 0. The van der Waals surface area contributed by atoms with E-state index in [0.717, 1.165) is 45.6 Å². The molecule has 2 aromatic heterocycles. The molecule has 0 aliphatic heterocycles. The Morgan fingerprint density at radius 3 is 2.59 bits per heavy atom. The van der Waals surface area contributed by atoms with E-state index in [1.807, 2.05) is 72.9 Å². The molecule has 4 aromatic rings. The lowest BCUT2D eigenvalue weighted by Crippen LogP contribution is -2.23. The quantitative estimate of drug-likeness (QED) is 0.168. The van der Waals surface area contributed by atoms with Crippen LogP contribution < -0.4 is 10.1 Å². The van der Waals surface area contributed by atoms with Gasteiger partial charge in [-0.15, -0.1) is 0 Å². The molecule has 0 spiro atoms. The molecule has 6 heteroatoms. The van der Waals surface area contributed by atoms with Crippen molar-refractivity contribution in [2.45, 2.75) is 38.1 Å². The van der Waals surface area contributed by atoms with Crippen LogP contribution in [-0.2, 0) is 4.79 Å². The van der Waals surface area contributed by atoms with Gasteiger partial charge in [0.05, 0.1) is 0 Å². The number of fused-ring (bicyclic) bond motifs is 1. The Balaban J connectivity index is 1.49. The molecule has 0 bridgehead atoms.